The molecule has 0 amide bonds. The topological polar surface area (TPSA) is 41.3 Å². The van der Waals surface area contributed by atoms with Crippen LogP contribution in [0.25, 0.3) is 11.0 Å². The van der Waals surface area contributed by atoms with Gasteiger partial charge in [-0.25, -0.2) is 5.01 Å². The molecule has 0 saturated carbocycles. The Kier molecular flexibility index (Phi) is 3.62. The summed E-state index contributed by atoms with van der Waals surface area (Å²) >= 11 is 0. The van der Waals surface area contributed by atoms with Gasteiger partial charge in [0.1, 0.15) is 5.69 Å². The molecule has 0 radical (unpaired) electrons. The molecule has 2 heterocycles. The number of piperidine rings is 1. The zero-order valence-corrected chi connectivity index (χ0v) is 11.0. The zero-order chi connectivity index (χ0) is 13.1. The van der Waals surface area contributed by atoms with Gasteiger partial charge in [-0.2, -0.15) is 0 Å². The zero-order valence-electron chi connectivity index (χ0n) is 11.0. The van der Waals surface area contributed by atoms with Gasteiger partial charge >= 0.3 is 0 Å². The van der Waals surface area contributed by atoms with Crippen LogP contribution in [0.4, 0.5) is 0 Å². The lowest BCUT2D eigenvalue weighted by Crippen LogP contribution is -2.44. The predicted octanol–water partition coefficient (Wildman–Crippen LogP) is 3.05. The summed E-state index contributed by atoms with van der Waals surface area (Å²) in [6, 6.07) is 8.36. The summed E-state index contributed by atoms with van der Waals surface area (Å²) < 4.78 is 5.43. The largest absolute Gasteiger partial charge is 0.356 e. The second kappa shape index (κ2) is 5.55. The number of nitrogens with zero attached hydrogens (tertiary/aromatic N) is 2. The van der Waals surface area contributed by atoms with Gasteiger partial charge in [0.15, 0.2) is 5.58 Å². The minimum atomic E-state index is 0.289. The highest BCUT2D eigenvalue weighted by Crippen LogP contribution is 2.33. The van der Waals surface area contributed by atoms with E-state index in [0.29, 0.717) is 0 Å². The molecule has 4 heteroatoms. The van der Waals surface area contributed by atoms with E-state index in [1.54, 1.807) is 0 Å². The Balaban J connectivity index is 1.91. The third-order valence-electron chi connectivity index (χ3n) is 3.66. The van der Waals surface area contributed by atoms with E-state index < -0.39 is 0 Å². The van der Waals surface area contributed by atoms with E-state index in [4.69, 9.17) is 4.52 Å². The first kappa shape index (κ1) is 12.4. The molecule has 3 rings (SSSR count). The summed E-state index contributed by atoms with van der Waals surface area (Å²) in [6.07, 6.45) is 5.45. The van der Waals surface area contributed by atoms with Crippen molar-refractivity contribution in [2.24, 2.45) is 0 Å². The summed E-state index contributed by atoms with van der Waals surface area (Å²) in [7, 11) is 0. The number of aromatic nitrogens is 1. The fourth-order valence-corrected chi connectivity index (χ4v) is 2.73. The molecule has 2 aromatic rings. The molecule has 1 N–H and O–H groups in total. The normalized spacial score (nSPS) is 20.7. The minimum Gasteiger partial charge on any atom is -0.356 e. The Morgan fingerprint density at radius 3 is 3.21 bits per heavy atom. The van der Waals surface area contributed by atoms with Crippen molar-refractivity contribution in [1.82, 2.24) is 15.6 Å². The molecule has 1 aromatic heterocycles. The van der Waals surface area contributed by atoms with Gasteiger partial charge in [0.25, 0.3) is 0 Å². The summed E-state index contributed by atoms with van der Waals surface area (Å²) in [5, 5.41) is 7.69. The first-order valence-electron chi connectivity index (χ1n) is 6.85. The van der Waals surface area contributed by atoms with Gasteiger partial charge in [0.05, 0.1) is 6.04 Å². The van der Waals surface area contributed by atoms with E-state index in [-0.39, 0.29) is 6.04 Å². The minimum absolute atomic E-state index is 0.289. The van der Waals surface area contributed by atoms with Gasteiger partial charge in [-0.1, -0.05) is 29.8 Å². The highest BCUT2D eigenvalue weighted by Gasteiger charge is 2.27. The Bertz CT molecular complexity index is 563. The summed E-state index contributed by atoms with van der Waals surface area (Å²) in [5.41, 5.74) is 5.32. The highest BCUT2D eigenvalue weighted by molar-refractivity contribution is 5.79. The maximum atomic E-state index is 5.43. The number of hydrazine groups is 1. The van der Waals surface area contributed by atoms with Gasteiger partial charge < -0.3 is 4.52 Å². The van der Waals surface area contributed by atoms with Crippen LogP contribution in [0.2, 0.25) is 0 Å². The summed E-state index contributed by atoms with van der Waals surface area (Å²) in [5.74, 6) is 0. The Hall–Kier alpha value is -1.65. The third kappa shape index (κ3) is 2.41. The van der Waals surface area contributed by atoms with Crippen molar-refractivity contribution in [3.63, 3.8) is 0 Å². The average molecular weight is 257 g/mol. The first-order chi connectivity index (χ1) is 9.40. The lowest BCUT2D eigenvalue weighted by atomic mass is 9.99. The molecule has 1 fully saturated rings. The molecule has 1 unspecified atom stereocenters. The quantitative estimate of drug-likeness (QED) is 0.855. The van der Waals surface area contributed by atoms with E-state index >= 15 is 0 Å². The van der Waals surface area contributed by atoms with Crippen molar-refractivity contribution in [2.75, 3.05) is 13.1 Å². The van der Waals surface area contributed by atoms with Gasteiger partial charge in [0, 0.05) is 18.5 Å². The summed E-state index contributed by atoms with van der Waals surface area (Å²) in [4.78, 5) is 0. The molecule has 1 atom stereocenters. The van der Waals surface area contributed by atoms with Gasteiger partial charge in [-0.05, 0) is 25.0 Å². The molecule has 0 spiro atoms. The van der Waals surface area contributed by atoms with E-state index in [2.05, 4.69) is 28.2 Å². The van der Waals surface area contributed by atoms with Crippen molar-refractivity contribution in [2.45, 2.75) is 25.3 Å². The molecule has 1 saturated heterocycles. The number of hydrogen-bond acceptors (Lipinski definition) is 4. The monoisotopic (exact) mass is 257 g/mol. The standard InChI is InChI=1S/C15H19N3O/c1-2-10-16-18-11-6-5-8-13(18)15-12-7-3-4-9-14(12)19-17-15/h2-4,7,9,13,16H,1,5-6,8,10-11H2. The molecule has 4 nitrogen and oxygen atoms in total. The van der Waals surface area contributed by atoms with Crippen molar-refractivity contribution in [3.05, 3.63) is 42.6 Å². The Morgan fingerprint density at radius 2 is 2.32 bits per heavy atom. The van der Waals surface area contributed by atoms with Crippen LogP contribution in [0.15, 0.2) is 41.4 Å². The van der Waals surface area contributed by atoms with Crippen LogP contribution < -0.4 is 5.43 Å². The van der Waals surface area contributed by atoms with E-state index in [1.165, 1.54) is 12.8 Å². The van der Waals surface area contributed by atoms with Crippen LogP contribution in [0.5, 0.6) is 0 Å². The van der Waals surface area contributed by atoms with Crippen LogP contribution in [0, 0.1) is 0 Å². The lowest BCUT2D eigenvalue weighted by Gasteiger charge is -2.34. The number of fused-ring (bicyclic) bond motifs is 1. The van der Waals surface area contributed by atoms with Gasteiger partial charge in [0.2, 0.25) is 0 Å². The van der Waals surface area contributed by atoms with Crippen LogP contribution in [0.3, 0.4) is 0 Å². The Labute approximate surface area is 113 Å². The first-order valence-corrected chi connectivity index (χ1v) is 6.85. The molecule has 0 bridgehead atoms. The van der Waals surface area contributed by atoms with E-state index in [9.17, 15) is 0 Å². The SMILES string of the molecule is C=CCNN1CCCCC1c1noc2ccccc12. The van der Waals surface area contributed by atoms with Crippen LogP contribution in [-0.4, -0.2) is 23.3 Å². The van der Waals surface area contributed by atoms with Crippen molar-refractivity contribution in [3.8, 4) is 0 Å². The van der Waals surface area contributed by atoms with Crippen LogP contribution in [-0.2, 0) is 0 Å². The molecule has 100 valence electrons. The van der Waals surface area contributed by atoms with Crippen molar-refractivity contribution >= 4 is 11.0 Å². The van der Waals surface area contributed by atoms with Gasteiger partial charge in [-0.3, -0.25) is 5.43 Å². The molecule has 1 aromatic carbocycles. The number of para-hydroxylation sites is 1. The van der Waals surface area contributed by atoms with E-state index in [1.807, 2.05) is 24.3 Å². The summed E-state index contributed by atoms with van der Waals surface area (Å²) in [6.45, 7) is 5.58. The molecule has 0 aliphatic carbocycles. The van der Waals surface area contributed by atoms with Crippen LogP contribution >= 0.6 is 0 Å². The fourth-order valence-electron chi connectivity index (χ4n) is 2.73. The van der Waals surface area contributed by atoms with Crippen molar-refractivity contribution < 1.29 is 4.52 Å². The lowest BCUT2D eigenvalue weighted by molar-refractivity contribution is 0.0874. The second-order valence-electron chi connectivity index (χ2n) is 4.92. The molecule has 1 aliphatic heterocycles. The fraction of sp³-hybridized carbons (Fsp3) is 0.400. The maximum absolute atomic E-state index is 5.43. The number of nitrogens with one attached hydrogen (secondary N) is 1. The number of benzene rings is 1. The second-order valence-corrected chi connectivity index (χ2v) is 4.92. The molecular formula is C15H19N3O. The molecule has 19 heavy (non-hydrogen) atoms. The van der Waals surface area contributed by atoms with E-state index in [0.717, 1.165) is 36.2 Å². The predicted molar refractivity (Wildman–Crippen MR) is 75.5 cm³/mol. The smallest absolute Gasteiger partial charge is 0.167 e. The van der Waals surface area contributed by atoms with Crippen molar-refractivity contribution in [1.29, 1.82) is 0 Å². The molecular weight excluding hydrogens is 238 g/mol. The number of hydrogen-bond donors (Lipinski definition) is 1. The van der Waals surface area contributed by atoms with Gasteiger partial charge in [-0.15, -0.1) is 6.58 Å². The van der Waals surface area contributed by atoms with Crippen LogP contribution in [0.1, 0.15) is 31.0 Å². The highest BCUT2D eigenvalue weighted by atomic mass is 16.5. The Morgan fingerprint density at radius 1 is 1.42 bits per heavy atom. The third-order valence-corrected chi connectivity index (χ3v) is 3.66. The molecule has 1 aliphatic rings. The average Bonchev–Trinajstić information content (AvgIpc) is 2.89. The number of rotatable bonds is 4. The maximum Gasteiger partial charge on any atom is 0.167 e.